The minimum atomic E-state index is 0.817. The largest absolute Gasteiger partial charge is 0.497 e. The Morgan fingerprint density at radius 1 is 1.24 bits per heavy atom. The van der Waals surface area contributed by atoms with Crippen LogP contribution in [0.3, 0.4) is 0 Å². The summed E-state index contributed by atoms with van der Waals surface area (Å²) in [5.41, 5.74) is 1.23. The van der Waals surface area contributed by atoms with Crippen LogP contribution in [0.4, 0.5) is 0 Å². The third-order valence-electron chi connectivity index (χ3n) is 4.44. The summed E-state index contributed by atoms with van der Waals surface area (Å²) >= 11 is 0. The molecule has 0 aromatic heterocycles. The number of guanidine groups is 1. The van der Waals surface area contributed by atoms with E-state index in [1.807, 2.05) is 19.2 Å². The van der Waals surface area contributed by atoms with Gasteiger partial charge in [-0.2, -0.15) is 0 Å². The number of methoxy groups -OCH3 is 1. The molecule has 2 rings (SSSR count). The summed E-state index contributed by atoms with van der Waals surface area (Å²) in [6.45, 7) is 6.81. The number of morpholine rings is 1. The lowest BCUT2D eigenvalue weighted by molar-refractivity contribution is 0.0372. The SMILES string of the molecule is CN=C(NCCCCN1CCOCC1)N(C)Cc1ccc(OC)cc1. The number of nitrogens with one attached hydrogen (secondary N) is 1. The van der Waals surface area contributed by atoms with Gasteiger partial charge in [-0.3, -0.25) is 9.89 Å². The molecule has 140 valence electrons. The van der Waals surface area contributed by atoms with Crippen LogP contribution < -0.4 is 10.1 Å². The van der Waals surface area contributed by atoms with Crippen LogP contribution in [-0.2, 0) is 11.3 Å². The van der Waals surface area contributed by atoms with E-state index in [1.54, 1.807) is 7.11 Å². The number of hydrogen-bond acceptors (Lipinski definition) is 4. The van der Waals surface area contributed by atoms with Gasteiger partial charge in [0.25, 0.3) is 0 Å². The Balaban J connectivity index is 1.66. The molecule has 0 radical (unpaired) electrons. The molecule has 1 heterocycles. The molecule has 0 unspecified atom stereocenters. The average molecular weight is 348 g/mol. The van der Waals surface area contributed by atoms with Crippen molar-refractivity contribution in [3.05, 3.63) is 29.8 Å². The van der Waals surface area contributed by atoms with Crippen LogP contribution in [0, 0.1) is 0 Å². The third-order valence-corrected chi connectivity index (χ3v) is 4.44. The van der Waals surface area contributed by atoms with Crippen molar-refractivity contribution in [1.82, 2.24) is 15.1 Å². The van der Waals surface area contributed by atoms with Gasteiger partial charge >= 0.3 is 0 Å². The summed E-state index contributed by atoms with van der Waals surface area (Å²) in [5.74, 6) is 1.82. The molecule has 6 heteroatoms. The Labute approximate surface area is 151 Å². The molecule has 0 atom stereocenters. The quantitative estimate of drug-likeness (QED) is 0.441. The number of nitrogens with zero attached hydrogens (tertiary/aromatic N) is 3. The van der Waals surface area contributed by atoms with Gasteiger partial charge in [0.2, 0.25) is 0 Å². The topological polar surface area (TPSA) is 49.3 Å². The fraction of sp³-hybridized carbons (Fsp3) is 0.632. The van der Waals surface area contributed by atoms with Crippen molar-refractivity contribution in [2.45, 2.75) is 19.4 Å². The smallest absolute Gasteiger partial charge is 0.193 e. The first-order valence-corrected chi connectivity index (χ1v) is 9.07. The molecule has 1 aromatic rings. The maximum absolute atomic E-state index is 5.38. The molecular formula is C19H32N4O2. The normalized spacial score (nSPS) is 15.9. The Morgan fingerprint density at radius 2 is 1.96 bits per heavy atom. The summed E-state index contributed by atoms with van der Waals surface area (Å²) in [6, 6.07) is 8.16. The molecule has 25 heavy (non-hydrogen) atoms. The molecule has 1 saturated heterocycles. The third kappa shape index (κ3) is 6.92. The maximum atomic E-state index is 5.38. The summed E-state index contributed by atoms with van der Waals surface area (Å²) in [6.07, 6.45) is 2.35. The number of hydrogen-bond donors (Lipinski definition) is 1. The molecule has 0 aliphatic carbocycles. The average Bonchev–Trinajstić information content (AvgIpc) is 2.66. The number of rotatable bonds is 8. The Kier molecular flexibility index (Phi) is 8.55. The predicted octanol–water partition coefficient (Wildman–Crippen LogP) is 1.81. The number of aliphatic imine (C=N–C) groups is 1. The van der Waals surface area contributed by atoms with Crippen LogP contribution in [-0.4, -0.2) is 76.4 Å². The molecular weight excluding hydrogens is 316 g/mol. The van der Waals surface area contributed by atoms with Gasteiger partial charge in [-0.15, -0.1) is 0 Å². The van der Waals surface area contributed by atoms with Gasteiger partial charge in [-0.25, -0.2) is 0 Å². The highest BCUT2D eigenvalue weighted by Crippen LogP contribution is 2.12. The Bertz CT molecular complexity index is 513. The van der Waals surface area contributed by atoms with Crippen molar-refractivity contribution in [1.29, 1.82) is 0 Å². The van der Waals surface area contributed by atoms with Crippen molar-refractivity contribution in [2.75, 3.05) is 60.6 Å². The van der Waals surface area contributed by atoms with Crippen LogP contribution >= 0.6 is 0 Å². The number of benzene rings is 1. The highest BCUT2D eigenvalue weighted by atomic mass is 16.5. The molecule has 1 fully saturated rings. The summed E-state index contributed by atoms with van der Waals surface area (Å²) in [7, 11) is 5.58. The predicted molar refractivity (Wildman–Crippen MR) is 102 cm³/mol. The highest BCUT2D eigenvalue weighted by molar-refractivity contribution is 5.79. The van der Waals surface area contributed by atoms with Crippen LogP contribution in [0.15, 0.2) is 29.3 Å². The van der Waals surface area contributed by atoms with E-state index in [1.165, 1.54) is 12.0 Å². The molecule has 1 N–H and O–H groups in total. The van der Waals surface area contributed by atoms with Crippen LogP contribution in [0.1, 0.15) is 18.4 Å². The van der Waals surface area contributed by atoms with Gasteiger partial charge in [0.1, 0.15) is 5.75 Å². The lowest BCUT2D eigenvalue weighted by atomic mass is 10.2. The van der Waals surface area contributed by atoms with Gasteiger partial charge < -0.3 is 19.7 Å². The van der Waals surface area contributed by atoms with Crippen molar-refractivity contribution in [3.63, 3.8) is 0 Å². The molecule has 6 nitrogen and oxygen atoms in total. The summed E-state index contributed by atoms with van der Waals surface area (Å²) in [4.78, 5) is 9.01. The van der Waals surface area contributed by atoms with E-state index >= 15 is 0 Å². The Hall–Kier alpha value is -1.79. The van der Waals surface area contributed by atoms with Crippen LogP contribution in [0.2, 0.25) is 0 Å². The van der Waals surface area contributed by atoms with Crippen molar-refractivity contribution in [3.8, 4) is 5.75 Å². The second-order valence-electron chi connectivity index (χ2n) is 6.34. The molecule has 0 spiro atoms. The van der Waals surface area contributed by atoms with E-state index in [-0.39, 0.29) is 0 Å². The number of unbranched alkanes of at least 4 members (excludes halogenated alkanes) is 1. The van der Waals surface area contributed by atoms with E-state index in [2.05, 4.69) is 39.3 Å². The second-order valence-corrected chi connectivity index (χ2v) is 6.34. The van der Waals surface area contributed by atoms with E-state index in [0.717, 1.165) is 64.1 Å². The zero-order chi connectivity index (χ0) is 17.9. The summed E-state index contributed by atoms with van der Waals surface area (Å²) < 4.78 is 10.6. The fourth-order valence-corrected chi connectivity index (χ4v) is 2.95. The van der Waals surface area contributed by atoms with E-state index in [4.69, 9.17) is 9.47 Å². The van der Waals surface area contributed by atoms with Gasteiger partial charge in [0.15, 0.2) is 5.96 Å². The van der Waals surface area contributed by atoms with E-state index < -0.39 is 0 Å². The minimum absolute atomic E-state index is 0.817. The monoisotopic (exact) mass is 348 g/mol. The van der Waals surface area contributed by atoms with Gasteiger partial charge in [-0.05, 0) is 37.1 Å². The zero-order valence-corrected chi connectivity index (χ0v) is 15.8. The van der Waals surface area contributed by atoms with Crippen molar-refractivity contribution >= 4 is 5.96 Å². The zero-order valence-electron chi connectivity index (χ0n) is 15.8. The standard InChI is InChI=1S/C19H32N4O2/c1-20-19(21-10-4-5-11-23-12-14-25-15-13-23)22(2)16-17-6-8-18(24-3)9-7-17/h6-9H,4-5,10-16H2,1-3H3,(H,20,21). The molecule has 0 bridgehead atoms. The molecule has 0 saturated carbocycles. The molecule has 0 amide bonds. The lowest BCUT2D eigenvalue weighted by Gasteiger charge is -2.26. The van der Waals surface area contributed by atoms with Crippen molar-refractivity contribution in [2.24, 2.45) is 4.99 Å². The minimum Gasteiger partial charge on any atom is -0.497 e. The maximum Gasteiger partial charge on any atom is 0.193 e. The first-order valence-electron chi connectivity index (χ1n) is 9.07. The van der Waals surface area contributed by atoms with Crippen LogP contribution in [0.5, 0.6) is 5.75 Å². The van der Waals surface area contributed by atoms with Crippen LogP contribution in [0.25, 0.3) is 0 Å². The first kappa shape index (κ1) is 19.5. The number of ether oxygens (including phenoxy) is 2. The van der Waals surface area contributed by atoms with E-state index in [0.29, 0.717) is 0 Å². The molecule has 1 aliphatic heterocycles. The highest BCUT2D eigenvalue weighted by Gasteiger charge is 2.10. The summed E-state index contributed by atoms with van der Waals surface area (Å²) in [5, 5.41) is 3.46. The van der Waals surface area contributed by atoms with Gasteiger partial charge in [0, 0.05) is 40.3 Å². The second kappa shape index (κ2) is 10.9. The Morgan fingerprint density at radius 3 is 2.60 bits per heavy atom. The van der Waals surface area contributed by atoms with Crippen molar-refractivity contribution < 1.29 is 9.47 Å². The lowest BCUT2D eigenvalue weighted by Crippen LogP contribution is -2.39. The molecule has 1 aliphatic rings. The first-order chi connectivity index (χ1) is 12.2. The van der Waals surface area contributed by atoms with Gasteiger partial charge in [-0.1, -0.05) is 12.1 Å². The molecule has 1 aromatic carbocycles. The fourth-order valence-electron chi connectivity index (χ4n) is 2.95. The van der Waals surface area contributed by atoms with E-state index in [9.17, 15) is 0 Å². The van der Waals surface area contributed by atoms with Gasteiger partial charge in [0.05, 0.1) is 20.3 Å².